The van der Waals surface area contributed by atoms with Crippen molar-refractivity contribution >= 4 is 6.03 Å². The molecule has 0 radical (unpaired) electrons. The molecule has 0 aromatic heterocycles. The molecule has 0 unspecified atom stereocenters. The Bertz CT molecular complexity index is 515. The minimum absolute atomic E-state index is 0.0751. The van der Waals surface area contributed by atoms with Gasteiger partial charge in [0.2, 0.25) is 0 Å². The Morgan fingerprint density at radius 3 is 2.54 bits per heavy atom. The van der Waals surface area contributed by atoms with Gasteiger partial charge in [-0.3, -0.25) is 0 Å². The molecule has 1 aliphatic rings. The monoisotopic (exact) mass is 332 g/mol. The summed E-state index contributed by atoms with van der Waals surface area (Å²) in [6, 6.07) is 8.42. The molecule has 2 N–H and O–H groups in total. The van der Waals surface area contributed by atoms with Crippen LogP contribution in [0, 0.1) is 0 Å². The van der Waals surface area contributed by atoms with Crippen molar-refractivity contribution in [2.45, 2.75) is 70.8 Å². The predicted octanol–water partition coefficient (Wildman–Crippen LogP) is 4.38. The molecule has 24 heavy (non-hydrogen) atoms. The standard InChI is InChI=1S/C20H32N2O2/c1-20(2,3)16-9-8-12-18(15-16)24-14-13-21-19(23)22-17-10-6-4-5-7-11-17/h8-9,12,15,17H,4-7,10-11,13-14H2,1-3H3,(H2,21,22,23). The van der Waals surface area contributed by atoms with Gasteiger partial charge >= 0.3 is 6.03 Å². The van der Waals surface area contributed by atoms with Gasteiger partial charge in [-0.2, -0.15) is 0 Å². The lowest BCUT2D eigenvalue weighted by atomic mass is 9.87. The molecule has 2 rings (SSSR count). The molecule has 0 bridgehead atoms. The summed E-state index contributed by atoms with van der Waals surface area (Å²) in [6.07, 6.45) is 7.23. The lowest BCUT2D eigenvalue weighted by Crippen LogP contribution is -2.43. The normalized spacial score (nSPS) is 16.3. The first-order chi connectivity index (χ1) is 11.4. The molecule has 2 amide bonds. The number of ether oxygens (including phenoxy) is 1. The van der Waals surface area contributed by atoms with E-state index in [0.29, 0.717) is 19.2 Å². The number of hydrogen-bond acceptors (Lipinski definition) is 2. The first-order valence-electron chi connectivity index (χ1n) is 9.23. The van der Waals surface area contributed by atoms with Crippen LogP contribution in [0.2, 0.25) is 0 Å². The van der Waals surface area contributed by atoms with Gasteiger partial charge in [0, 0.05) is 6.04 Å². The number of hydrogen-bond donors (Lipinski definition) is 2. The zero-order valence-electron chi connectivity index (χ0n) is 15.4. The molecule has 1 fully saturated rings. The summed E-state index contributed by atoms with van der Waals surface area (Å²) >= 11 is 0. The second-order valence-corrected chi connectivity index (χ2v) is 7.72. The van der Waals surface area contributed by atoms with Crippen LogP contribution in [0.15, 0.2) is 24.3 Å². The van der Waals surface area contributed by atoms with Crippen LogP contribution in [0.3, 0.4) is 0 Å². The number of urea groups is 1. The molecule has 0 heterocycles. The molecule has 0 spiro atoms. The van der Waals surface area contributed by atoms with Crippen molar-refractivity contribution in [3.05, 3.63) is 29.8 Å². The highest BCUT2D eigenvalue weighted by molar-refractivity contribution is 5.74. The van der Waals surface area contributed by atoms with E-state index in [1.807, 2.05) is 12.1 Å². The molecule has 0 atom stereocenters. The Labute approximate surface area is 146 Å². The van der Waals surface area contributed by atoms with Crippen molar-refractivity contribution in [3.8, 4) is 5.75 Å². The molecule has 0 saturated heterocycles. The van der Waals surface area contributed by atoms with Crippen LogP contribution in [0.4, 0.5) is 4.79 Å². The summed E-state index contributed by atoms with van der Waals surface area (Å²) in [6.45, 7) is 7.55. The largest absolute Gasteiger partial charge is 0.492 e. The van der Waals surface area contributed by atoms with E-state index < -0.39 is 0 Å². The third-order valence-corrected chi connectivity index (χ3v) is 4.55. The molecule has 4 nitrogen and oxygen atoms in total. The van der Waals surface area contributed by atoms with Gasteiger partial charge < -0.3 is 15.4 Å². The summed E-state index contributed by atoms with van der Waals surface area (Å²) in [4.78, 5) is 11.9. The zero-order valence-corrected chi connectivity index (χ0v) is 15.4. The SMILES string of the molecule is CC(C)(C)c1cccc(OCCNC(=O)NC2CCCCCC2)c1. The van der Waals surface area contributed by atoms with E-state index in [0.717, 1.165) is 18.6 Å². The molecule has 1 aromatic rings. The molecule has 0 aliphatic heterocycles. The van der Waals surface area contributed by atoms with Crippen LogP contribution in [0.1, 0.15) is 64.9 Å². The van der Waals surface area contributed by atoms with Crippen molar-refractivity contribution in [2.75, 3.05) is 13.2 Å². The quantitative estimate of drug-likeness (QED) is 0.621. The molecular formula is C20H32N2O2. The van der Waals surface area contributed by atoms with E-state index in [2.05, 4.69) is 43.5 Å². The van der Waals surface area contributed by atoms with Gasteiger partial charge in [0.05, 0.1) is 6.54 Å². The van der Waals surface area contributed by atoms with Gasteiger partial charge in [-0.25, -0.2) is 4.79 Å². The van der Waals surface area contributed by atoms with Gasteiger partial charge in [0.1, 0.15) is 12.4 Å². The maximum atomic E-state index is 11.9. The fourth-order valence-electron chi connectivity index (χ4n) is 3.05. The third kappa shape index (κ3) is 6.42. The molecule has 1 aliphatic carbocycles. The summed E-state index contributed by atoms with van der Waals surface area (Å²) in [5, 5.41) is 5.97. The Balaban J connectivity index is 1.68. The summed E-state index contributed by atoms with van der Waals surface area (Å²) in [7, 11) is 0. The molecule has 1 aromatic carbocycles. The van der Waals surface area contributed by atoms with Crippen molar-refractivity contribution in [1.29, 1.82) is 0 Å². The van der Waals surface area contributed by atoms with E-state index in [-0.39, 0.29) is 11.4 Å². The smallest absolute Gasteiger partial charge is 0.315 e. The average Bonchev–Trinajstić information content (AvgIpc) is 2.80. The van der Waals surface area contributed by atoms with Crippen LogP contribution >= 0.6 is 0 Å². The number of benzene rings is 1. The van der Waals surface area contributed by atoms with Gasteiger partial charge in [0.15, 0.2) is 0 Å². The maximum Gasteiger partial charge on any atom is 0.315 e. The van der Waals surface area contributed by atoms with Gasteiger partial charge in [-0.15, -0.1) is 0 Å². The lowest BCUT2D eigenvalue weighted by Gasteiger charge is -2.20. The fourth-order valence-corrected chi connectivity index (χ4v) is 3.05. The Hall–Kier alpha value is -1.71. The first kappa shape index (κ1) is 18.6. The minimum atomic E-state index is -0.0751. The van der Waals surface area contributed by atoms with E-state index in [9.17, 15) is 4.79 Å². The van der Waals surface area contributed by atoms with Crippen LogP contribution in [-0.2, 0) is 5.41 Å². The maximum absolute atomic E-state index is 11.9. The second-order valence-electron chi connectivity index (χ2n) is 7.72. The topological polar surface area (TPSA) is 50.4 Å². The van der Waals surface area contributed by atoms with E-state index in [1.165, 1.54) is 31.2 Å². The number of amides is 2. The van der Waals surface area contributed by atoms with Gasteiger partial charge in [-0.1, -0.05) is 58.6 Å². The highest BCUT2D eigenvalue weighted by Gasteiger charge is 2.15. The van der Waals surface area contributed by atoms with E-state index >= 15 is 0 Å². The predicted molar refractivity (Wildman–Crippen MR) is 98.7 cm³/mol. The van der Waals surface area contributed by atoms with Crippen LogP contribution in [0.25, 0.3) is 0 Å². The zero-order chi connectivity index (χ0) is 17.4. The van der Waals surface area contributed by atoms with Crippen LogP contribution in [-0.4, -0.2) is 25.2 Å². The highest BCUT2D eigenvalue weighted by atomic mass is 16.5. The number of rotatable bonds is 5. The van der Waals surface area contributed by atoms with Gasteiger partial charge in [0.25, 0.3) is 0 Å². The number of carbonyl (C=O) groups excluding carboxylic acids is 1. The Kier molecular flexibility index (Phi) is 6.95. The lowest BCUT2D eigenvalue weighted by molar-refractivity contribution is 0.231. The van der Waals surface area contributed by atoms with Gasteiger partial charge in [-0.05, 0) is 36.0 Å². The summed E-state index contributed by atoms with van der Waals surface area (Å²) < 4.78 is 5.76. The van der Waals surface area contributed by atoms with Crippen molar-refractivity contribution in [1.82, 2.24) is 10.6 Å². The van der Waals surface area contributed by atoms with Crippen molar-refractivity contribution < 1.29 is 9.53 Å². The number of nitrogens with one attached hydrogen (secondary N) is 2. The van der Waals surface area contributed by atoms with E-state index in [1.54, 1.807) is 0 Å². The Morgan fingerprint density at radius 1 is 1.17 bits per heavy atom. The molecule has 4 heteroatoms. The van der Waals surface area contributed by atoms with Crippen LogP contribution < -0.4 is 15.4 Å². The molecular weight excluding hydrogens is 300 g/mol. The summed E-state index contributed by atoms with van der Waals surface area (Å²) in [5.41, 5.74) is 1.36. The van der Waals surface area contributed by atoms with Crippen molar-refractivity contribution in [3.63, 3.8) is 0 Å². The second kappa shape index (κ2) is 8.95. The minimum Gasteiger partial charge on any atom is -0.492 e. The highest BCUT2D eigenvalue weighted by Crippen LogP contribution is 2.25. The Morgan fingerprint density at radius 2 is 1.88 bits per heavy atom. The van der Waals surface area contributed by atoms with Crippen molar-refractivity contribution in [2.24, 2.45) is 0 Å². The van der Waals surface area contributed by atoms with Crippen LogP contribution in [0.5, 0.6) is 5.75 Å². The molecule has 134 valence electrons. The first-order valence-corrected chi connectivity index (χ1v) is 9.23. The molecule has 1 saturated carbocycles. The third-order valence-electron chi connectivity index (χ3n) is 4.55. The van der Waals surface area contributed by atoms with E-state index in [4.69, 9.17) is 4.74 Å². The average molecular weight is 332 g/mol. The fraction of sp³-hybridized carbons (Fsp3) is 0.650. The summed E-state index contributed by atoms with van der Waals surface area (Å²) in [5.74, 6) is 0.855. The number of carbonyl (C=O) groups is 1.